The molecule has 0 saturated heterocycles. The molecule has 1 heterocycles. The lowest BCUT2D eigenvalue weighted by Crippen LogP contribution is -2.30. The third kappa shape index (κ3) is 7.64. The second-order valence-corrected chi connectivity index (χ2v) is 8.79. The summed E-state index contributed by atoms with van der Waals surface area (Å²) in [6.07, 6.45) is 4.03. The Morgan fingerprint density at radius 1 is 1.00 bits per heavy atom. The number of nitrogens with zero attached hydrogens (tertiary/aromatic N) is 2. The van der Waals surface area contributed by atoms with E-state index in [0.717, 1.165) is 18.4 Å². The van der Waals surface area contributed by atoms with Crippen LogP contribution >= 0.6 is 0 Å². The van der Waals surface area contributed by atoms with E-state index in [0.29, 0.717) is 59.0 Å². The molecule has 0 aliphatic rings. The number of halogens is 1. The number of unbranched alkanes of at least 4 members (excludes halogenated alkanes) is 1. The van der Waals surface area contributed by atoms with Crippen LogP contribution in [-0.4, -0.2) is 35.6 Å². The van der Waals surface area contributed by atoms with Crippen LogP contribution in [0, 0.1) is 5.82 Å². The topological polar surface area (TPSA) is 114 Å². The molecular weight excluding hydrogens is 501 g/mol. The smallest absolute Gasteiger partial charge is 0.319 e. The summed E-state index contributed by atoms with van der Waals surface area (Å²) in [4.78, 5) is 33.1. The SMILES string of the molecule is CCCCC(=O)Nc1cc2c(Oc3ccc(NC(=O)NCCc4cccc(F)c4)cc3)ncnc2cc1OC. The van der Waals surface area contributed by atoms with Crippen molar-refractivity contribution in [2.75, 3.05) is 24.3 Å². The Bertz CT molecular complexity index is 1450. The largest absolute Gasteiger partial charge is 0.494 e. The van der Waals surface area contributed by atoms with Gasteiger partial charge in [0.1, 0.15) is 23.6 Å². The number of carbonyl (C=O) groups is 2. The standard InChI is InChI=1S/C29H30FN5O4/c1-3-4-8-27(36)35-25-16-23-24(17-26(25)38-2)32-18-33-28(23)39-22-11-9-21(10-12-22)34-29(37)31-14-13-19-6-5-7-20(30)15-19/h5-7,9-12,15-18H,3-4,8,13-14H2,1-2H3,(H,35,36)(H2,31,34,37). The van der Waals surface area contributed by atoms with E-state index >= 15 is 0 Å². The number of aromatic nitrogens is 2. The Hall–Kier alpha value is -4.73. The summed E-state index contributed by atoms with van der Waals surface area (Å²) in [5.74, 6) is 0.888. The molecule has 0 aliphatic carbocycles. The van der Waals surface area contributed by atoms with Crippen molar-refractivity contribution in [2.45, 2.75) is 32.6 Å². The van der Waals surface area contributed by atoms with Gasteiger partial charge in [-0.2, -0.15) is 0 Å². The first kappa shape index (κ1) is 27.3. The van der Waals surface area contributed by atoms with Gasteiger partial charge in [0, 0.05) is 24.7 Å². The molecular formula is C29H30FN5O4. The van der Waals surface area contributed by atoms with Crippen molar-refractivity contribution in [3.8, 4) is 17.4 Å². The number of rotatable bonds is 11. The highest BCUT2D eigenvalue weighted by Gasteiger charge is 2.14. The summed E-state index contributed by atoms with van der Waals surface area (Å²) in [6.45, 7) is 2.39. The number of hydrogen-bond donors (Lipinski definition) is 3. The molecule has 0 saturated carbocycles. The lowest BCUT2D eigenvalue weighted by molar-refractivity contribution is -0.116. The van der Waals surface area contributed by atoms with Crippen LogP contribution in [-0.2, 0) is 11.2 Å². The zero-order valence-electron chi connectivity index (χ0n) is 21.8. The fraction of sp³-hybridized carbons (Fsp3) is 0.241. The molecule has 0 bridgehead atoms. The first-order valence-electron chi connectivity index (χ1n) is 12.6. The summed E-state index contributed by atoms with van der Waals surface area (Å²) in [7, 11) is 1.53. The van der Waals surface area contributed by atoms with Gasteiger partial charge >= 0.3 is 6.03 Å². The number of methoxy groups -OCH3 is 1. The zero-order valence-corrected chi connectivity index (χ0v) is 21.8. The van der Waals surface area contributed by atoms with Crippen LogP contribution in [0.5, 0.6) is 17.4 Å². The zero-order chi connectivity index (χ0) is 27.6. The summed E-state index contributed by atoms with van der Waals surface area (Å²) in [6, 6.07) is 16.2. The second kappa shape index (κ2) is 13.2. The highest BCUT2D eigenvalue weighted by molar-refractivity contribution is 5.97. The number of anilines is 2. The number of hydrogen-bond acceptors (Lipinski definition) is 6. The van der Waals surface area contributed by atoms with E-state index in [-0.39, 0.29) is 17.8 Å². The van der Waals surface area contributed by atoms with E-state index in [1.54, 1.807) is 42.5 Å². The predicted molar refractivity (Wildman–Crippen MR) is 148 cm³/mol. The summed E-state index contributed by atoms with van der Waals surface area (Å²) < 4.78 is 24.7. The summed E-state index contributed by atoms with van der Waals surface area (Å²) >= 11 is 0. The van der Waals surface area contributed by atoms with Gasteiger partial charge in [-0.15, -0.1) is 0 Å². The van der Waals surface area contributed by atoms with Gasteiger partial charge in [-0.05, 0) is 60.9 Å². The van der Waals surface area contributed by atoms with E-state index in [4.69, 9.17) is 9.47 Å². The van der Waals surface area contributed by atoms with E-state index in [2.05, 4.69) is 25.9 Å². The molecule has 10 heteroatoms. The van der Waals surface area contributed by atoms with Crippen LogP contribution in [0.4, 0.5) is 20.6 Å². The Morgan fingerprint density at radius 3 is 2.56 bits per heavy atom. The minimum absolute atomic E-state index is 0.102. The Morgan fingerprint density at radius 2 is 1.82 bits per heavy atom. The lowest BCUT2D eigenvalue weighted by atomic mass is 10.1. The molecule has 3 N–H and O–H groups in total. The van der Waals surface area contributed by atoms with Gasteiger partial charge in [-0.25, -0.2) is 19.2 Å². The molecule has 202 valence electrons. The molecule has 3 aromatic carbocycles. The maximum Gasteiger partial charge on any atom is 0.319 e. The molecule has 0 fully saturated rings. The third-order valence-corrected chi connectivity index (χ3v) is 5.87. The average molecular weight is 532 g/mol. The molecule has 9 nitrogen and oxygen atoms in total. The fourth-order valence-electron chi connectivity index (χ4n) is 3.86. The second-order valence-electron chi connectivity index (χ2n) is 8.79. The van der Waals surface area contributed by atoms with Gasteiger partial charge < -0.3 is 25.4 Å². The van der Waals surface area contributed by atoms with Crippen LogP contribution in [0.25, 0.3) is 10.9 Å². The third-order valence-electron chi connectivity index (χ3n) is 5.87. The summed E-state index contributed by atoms with van der Waals surface area (Å²) in [5.41, 5.74) is 2.48. The minimum Gasteiger partial charge on any atom is -0.494 e. The highest BCUT2D eigenvalue weighted by Crippen LogP contribution is 2.35. The first-order chi connectivity index (χ1) is 18.9. The number of benzene rings is 3. The minimum atomic E-state index is -0.371. The fourth-order valence-corrected chi connectivity index (χ4v) is 3.86. The molecule has 1 aromatic heterocycles. The number of fused-ring (bicyclic) bond motifs is 1. The lowest BCUT2D eigenvalue weighted by Gasteiger charge is -2.13. The average Bonchev–Trinajstić information content (AvgIpc) is 2.93. The molecule has 0 spiro atoms. The van der Waals surface area contributed by atoms with Crippen LogP contribution in [0.1, 0.15) is 31.7 Å². The van der Waals surface area contributed by atoms with Crippen molar-refractivity contribution >= 4 is 34.2 Å². The van der Waals surface area contributed by atoms with Gasteiger partial charge in [0.25, 0.3) is 0 Å². The maximum absolute atomic E-state index is 13.3. The maximum atomic E-state index is 13.3. The van der Waals surface area contributed by atoms with E-state index in [1.165, 1.54) is 25.6 Å². The van der Waals surface area contributed by atoms with Crippen molar-refractivity contribution in [1.29, 1.82) is 0 Å². The molecule has 3 amide bonds. The number of carbonyl (C=O) groups excluding carboxylic acids is 2. The van der Waals surface area contributed by atoms with Gasteiger partial charge in [-0.1, -0.05) is 25.5 Å². The van der Waals surface area contributed by atoms with Crippen molar-refractivity contribution in [3.63, 3.8) is 0 Å². The molecule has 4 aromatic rings. The normalized spacial score (nSPS) is 10.6. The van der Waals surface area contributed by atoms with Crippen molar-refractivity contribution in [2.24, 2.45) is 0 Å². The van der Waals surface area contributed by atoms with Crippen LogP contribution in [0.15, 0.2) is 67.0 Å². The molecule has 0 aliphatic heterocycles. The molecule has 0 unspecified atom stereocenters. The van der Waals surface area contributed by atoms with Crippen molar-refractivity contribution in [1.82, 2.24) is 15.3 Å². The monoisotopic (exact) mass is 531 g/mol. The van der Waals surface area contributed by atoms with E-state index in [1.807, 2.05) is 13.0 Å². The number of urea groups is 1. The van der Waals surface area contributed by atoms with Crippen LogP contribution in [0.2, 0.25) is 0 Å². The highest BCUT2D eigenvalue weighted by atomic mass is 19.1. The molecule has 39 heavy (non-hydrogen) atoms. The predicted octanol–water partition coefficient (Wildman–Crippen LogP) is 6.06. The number of ether oxygens (including phenoxy) is 2. The molecule has 0 radical (unpaired) electrons. The quantitative estimate of drug-likeness (QED) is 0.217. The van der Waals surface area contributed by atoms with Crippen molar-refractivity contribution < 1.29 is 23.5 Å². The van der Waals surface area contributed by atoms with E-state index in [9.17, 15) is 14.0 Å². The Kier molecular flexibility index (Phi) is 9.23. The van der Waals surface area contributed by atoms with Gasteiger partial charge in [0.05, 0.1) is 23.7 Å². The Labute approximate surface area is 225 Å². The van der Waals surface area contributed by atoms with Gasteiger partial charge in [0.15, 0.2) is 0 Å². The van der Waals surface area contributed by atoms with Gasteiger partial charge in [0.2, 0.25) is 11.8 Å². The summed E-state index contributed by atoms with van der Waals surface area (Å²) in [5, 5.41) is 9.00. The van der Waals surface area contributed by atoms with E-state index < -0.39 is 0 Å². The van der Waals surface area contributed by atoms with Crippen molar-refractivity contribution in [3.05, 3.63) is 78.4 Å². The molecule has 0 atom stereocenters. The van der Waals surface area contributed by atoms with Crippen LogP contribution in [0.3, 0.4) is 0 Å². The number of amides is 3. The van der Waals surface area contributed by atoms with Crippen LogP contribution < -0.4 is 25.4 Å². The molecule has 4 rings (SSSR count). The number of nitrogens with one attached hydrogen (secondary N) is 3. The Balaban J connectivity index is 1.40. The van der Waals surface area contributed by atoms with Gasteiger partial charge in [-0.3, -0.25) is 4.79 Å². The first-order valence-corrected chi connectivity index (χ1v) is 12.6.